The fraction of sp³-hybridized carbons (Fsp3) is 0.250. The molecular formula is C16H15Br2FO. The first-order chi connectivity index (χ1) is 9.35. The molecular weight excluding hydrogens is 387 g/mol. The van der Waals surface area contributed by atoms with Gasteiger partial charge in [0.1, 0.15) is 5.82 Å². The van der Waals surface area contributed by atoms with Gasteiger partial charge in [-0.2, -0.15) is 0 Å². The molecule has 1 atom stereocenters. The van der Waals surface area contributed by atoms with Gasteiger partial charge in [-0.05, 0) is 48.4 Å². The zero-order valence-electron chi connectivity index (χ0n) is 11.0. The predicted octanol–water partition coefficient (Wildman–Crippen LogP) is 4.89. The van der Waals surface area contributed by atoms with E-state index in [1.165, 1.54) is 6.07 Å². The third-order valence-electron chi connectivity index (χ3n) is 3.08. The summed E-state index contributed by atoms with van der Waals surface area (Å²) >= 11 is 6.70. The predicted molar refractivity (Wildman–Crippen MR) is 86.3 cm³/mol. The van der Waals surface area contributed by atoms with Crippen LogP contribution in [0.2, 0.25) is 0 Å². The van der Waals surface area contributed by atoms with Crippen molar-refractivity contribution in [1.82, 2.24) is 0 Å². The van der Waals surface area contributed by atoms with Crippen LogP contribution in [-0.2, 0) is 12.8 Å². The highest BCUT2D eigenvalue weighted by molar-refractivity contribution is 9.10. The average Bonchev–Trinajstić information content (AvgIpc) is 2.36. The van der Waals surface area contributed by atoms with E-state index in [-0.39, 0.29) is 12.2 Å². The first-order valence-corrected chi connectivity index (χ1v) is 7.85. The molecule has 20 heavy (non-hydrogen) atoms. The molecule has 0 aromatic heterocycles. The van der Waals surface area contributed by atoms with Crippen LogP contribution >= 0.6 is 31.9 Å². The summed E-state index contributed by atoms with van der Waals surface area (Å²) in [4.78, 5) is 0. The summed E-state index contributed by atoms with van der Waals surface area (Å²) in [5.74, 6) is -0.288. The lowest BCUT2D eigenvalue weighted by Gasteiger charge is -2.24. The molecule has 106 valence electrons. The molecule has 0 amide bonds. The van der Waals surface area contributed by atoms with E-state index in [1.807, 2.05) is 24.3 Å². The highest BCUT2D eigenvalue weighted by Gasteiger charge is 2.23. The van der Waals surface area contributed by atoms with Crippen LogP contribution in [0.1, 0.15) is 18.1 Å². The number of aliphatic hydroxyl groups is 1. The van der Waals surface area contributed by atoms with Crippen LogP contribution < -0.4 is 0 Å². The maximum absolute atomic E-state index is 13.8. The van der Waals surface area contributed by atoms with Gasteiger partial charge in [-0.3, -0.25) is 0 Å². The Morgan fingerprint density at radius 2 is 1.60 bits per heavy atom. The van der Waals surface area contributed by atoms with E-state index in [4.69, 9.17) is 0 Å². The van der Waals surface area contributed by atoms with Crippen LogP contribution in [0.15, 0.2) is 51.4 Å². The van der Waals surface area contributed by atoms with Gasteiger partial charge in [-0.25, -0.2) is 4.39 Å². The van der Waals surface area contributed by atoms with Gasteiger partial charge >= 0.3 is 0 Å². The SMILES string of the molecule is CC(O)(Cc1ccc(Br)cc1)Cc1cc(Br)ccc1F. The first-order valence-electron chi connectivity index (χ1n) is 6.26. The third kappa shape index (κ3) is 4.40. The summed E-state index contributed by atoms with van der Waals surface area (Å²) in [5.41, 5.74) is 0.547. The molecule has 0 saturated heterocycles. The standard InChI is InChI=1S/C16H15Br2FO/c1-16(20,9-11-2-4-13(17)5-3-11)10-12-8-14(18)6-7-15(12)19/h2-8,20H,9-10H2,1H3. The van der Waals surface area contributed by atoms with E-state index in [0.29, 0.717) is 12.0 Å². The minimum Gasteiger partial charge on any atom is -0.389 e. The Morgan fingerprint density at radius 3 is 2.25 bits per heavy atom. The van der Waals surface area contributed by atoms with Gasteiger partial charge in [0.05, 0.1) is 5.60 Å². The fourth-order valence-electron chi connectivity index (χ4n) is 2.19. The topological polar surface area (TPSA) is 20.2 Å². The monoisotopic (exact) mass is 400 g/mol. The highest BCUT2D eigenvalue weighted by Crippen LogP contribution is 2.24. The fourth-order valence-corrected chi connectivity index (χ4v) is 2.87. The molecule has 2 rings (SSSR count). The Labute approximate surface area is 135 Å². The molecule has 2 aromatic carbocycles. The van der Waals surface area contributed by atoms with Crippen molar-refractivity contribution in [3.8, 4) is 0 Å². The van der Waals surface area contributed by atoms with Crippen LogP contribution in [0.5, 0.6) is 0 Å². The minimum atomic E-state index is -0.991. The molecule has 0 aliphatic carbocycles. The lowest BCUT2D eigenvalue weighted by Crippen LogP contribution is -2.30. The lowest BCUT2D eigenvalue weighted by molar-refractivity contribution is 0.0599. The second-order valence-corrected chi connectivity index (χ2v) is 7.04. The summed E-state index contributed by atoms with van der Waals surface area (Å²) in [7, 11) is 0. The van der Waals surface area contributed by atoms with Crippen LogP contribution in [0.4, 0.5) is 4.39 Å². The van der Waals surface area contributed by atoms with Gasteiger partial charge in [0.15, 0.2) is 0 Å². The highest BCUT2D eigenvalue weighted by atomic mass is 79.9. The molecule has 0 saturated carbocycles. The molecule has 0 aliphatic rings. The average molecular weight is 402 g/mol. The van der Waals surface area contributed by atoms with Crippen molar-refractivity contribution in [3.63, 3.8) is 0 Å². The quantitative estimate of drug-likeness (QED) is 0.773. The van der Waals surface area contributed by atoms with Crippen molar-refractivity contribution in [2.75, 3.05) is 0 Å². The van der Waals surface area contributed by atoms with Crippen molar-refractivity contribution in [2.24, 2.45) is 0 Å². The Morgan fingerprint density at radius 1 is 1.00 bits per heavy atom. The van der Waals surface area contributed by atoms with Crippen LogP contribution in [0, 0.1) is 5.82 Å². The van der Waals surface area contributed by atoms with Crippen molar-refractivity contribution in [3.05, 3.63) is 68.4 Å². The molecule has 1 nitrogen and oxygen atoms in total. The second-order valence-electron chi connectivity index (χ2n) is 5.21. The molecule has 0 fully saturated rings. The summed E-state index contributed by atoms with van der Waals surface area (Å²) in [6.07, 6.45) is 0.751. The zero-order chi connectivity index (χ0) is 14.8. The van der Waals surface area contributed by atoms with E-state index in [2.05, 4.69) is 31.9 Å². The van der Waals surface area contributed by atoms with Gasteiger partial charge < -0.3 is 5.11 Å². The third-order valence-corrected chi connectivity index (χ3v) is 4.10. The number of rotatable bonds is 4. The Kier molecular flexibility index (Phi) is 4.99. The van der Waals surface area contributed by atoms with Gasteiger partial charge in [0, 0.05) is 21.8 Å². The Balaban J connectivity index is 2.14. The van der Waals surface area contributed by atoms with Gasteiger partial charge in [-0.1, -0.05) is 44.0 Å². The summed E-state index contributed by atoms with van der Waals surface area (Å²) in [5, 5.41) is 10.5. The molecule has 4 heteroatoms. The van der Waals surface area contributed by atoms with Gasteiger partial charge in [-0.15, -0.1) is 0 Å². The minimum absolute atomic E-state index is 0.272. The number of halogens is 3. The normalized spacial score (nSPS) is 14.1. The molecule has 0 spiro atoms. The first kappa shape index (κ1) is 15.7. The number of hydrogen-bond donors (Lipinski definition) is 1. The van der Waals surface area contributed by atoms with Crippen LogP contribution in [-0.4, -0.2) is 10.7 Å². The van der Waals surface area contributed by atoms with E-state index >= 15 is 0 Å². The Bertz CT molecular complexity index is 594. The largest absolute Gasteiger partial charge is 0.389 e. The van der Waals surface area contributed by atoms with E-state index in [9.17, 15) is 9.50 Å². The van der Waals surface area contributed by atoms with E-state index in [0.717, 1.165) is 14.5 Å². The molecule has 0 bridgehead atoms. The van der Waals surface area contributed by atoms with E-state index in [1.54, 1.807) is 19.1 Å². The van der Waals surface area contributed by atoms with Crippen molar-refractivity contribution in [1.29, 1.82) is 0 Å². The maximum Gasteiger partial charge on any atom is 0.126 e. The zero-order valence-corrected chi connectivity index (χ0v) is 14.2. The lowest BCUT2D eigenvalue weighted by atomic mass is 9.90. The van der Waals surface area contributed by atoms with Crippen LogP contribution in [0.3, 0.4) is 0 Å². The van der Waals surface area contributed by atoms with Crippen molar-refractivity contribution in [2.45, 2.75) is 25.4 Å². The summed E-state index contributed by atoms with van der Waals surface area (Å²) in [6, 6.07) is 12.6. The molecule has 0 radical (unpaired) electrons. The smallest absolute Gasteiger partial charge is 0.126 e. The molecule has 1 unspecified atom stereocenters. The van der Waals surface area contributed by atoms with Gasteiger partial charge in [0.25, 0.3) is 0 Å². The van der Waals surface area contributed by atoms with Gasteiger partial charge in [0.2, 0.25) is 0 Å². The van der Waals surface area contributed by atoms with Crippen LogP contribution in [0.25, 0.3) is 0 Å². The molecule has 0 aliphatic heterocycles. The molecule has 1 N–H and O–H groups in total. The van der Waals surface area contributed by atoms with Crippen molar-refractivity contribution < 1.29 is 9.50 Å². The number of benzene rings is 2. The summed E-state index contributed by atoms with van der Waals surface area (Å²) in [6.45, 7) is 1.73. The van der Waals surface area contributed by atoms with Crippen molar-refractivity contribution >= 4 is 31.9 Å². The summed E-state index contributed by atoms with van der Waals surface area (Å²) < 4.78 is 15.6. The molecule has 0 heterocycles. The Hall–Kier alpha value is -0.710. The number of hydrogen-bond acceptors (Lipinski definition) is 1. The van der Waals surface area contributed by atoms with E-state index < -0.39 is 5.60 Å². The second kappa shape index (κ2) is 6.37. The molecule has 2 aromatic rings. The maximum atomic E-state index is 13.8.